The second kappa shape index (κ2) is 10.1. The molecule has 5 rings (SSSR count). The fourth-order valence-corrected chi connectivity index (χ4v) is 4.77. The van der Waals surface area contributed by atoms with Gasteiger partial charge in [0.15, 0.2) is 11.5 Å². The molecule has 174 valence electrons. The average Bonchev–Trinajstić information content (AvgIpc) is 3.15. The molecule has 0 saturated carbocycles. The Bertz CT molecular complexity index is 1430. The van der Waals surface area contributed by atoms with E-state index < -0.39 is 0 Å². The number of nitrogens with zero attached hydrogens (tertiary/aromatic N) is 1. The van der Waals surface area contributed by atoms with Gasteiger partial charge in [0.05, 0.1) is 18.6 Å². The highest BCUT2D eigenvalue weighted by atomic mass is 32.2. The number of amides is 2. The Morgan fingerprint density at radius 1 is 0.800 bits per heavy atom. The molecule has 35 heavy (non-hydrogen) atoms. The van der Waals surface area contributed by atoms with Crippen LogP contribution in [-0.4, -0.2) is 23.2 Å². The van der Waals surface area contributed by atoms with E-state index in [4.69, 9.17) is 9.47 Å². The van der Waals surface area contributed by atoms with E-state index in [0.29, 0.717) is 23.0 Å². The summed E-state index contributed by atoms with van der Waals surface area (Å²) in [6.45, 7) is 0.659. The highest BCUT2D eigenvalue weighted by Crippen LogP contribution is 2.35. The molecule has 4 aromatic rings. The second-order valence-corrected chi connectivity index (χ2v) is 9.13. The second-order valence-electron chi connectivity index (χ2n) is 8.13. The van der Waals surface area contributed by atoms with E-state index in [-0.39, 0.29) is 17.7 Å². The quantitative estimate of drug-likeness (QED) is 0.276. The Kier molecular flexibility index (Phi) is 6.55. The van der Waals surface area contributed by atoms with Crippen LogP contribution in [0.1, 0.15) is 16.7 Å². The van der Waals surface area contributed by atoms with Crippen LogP contribution < -0.4 is 9.47 Å². The third kappa shape index (κ3) is 5.08. The number of carbonyl (C=O) groups excluding carboxylic acids is 2. The fraction of sp³-hybridized carbons (Fsp3) is 0.103. The molecular formula is C29H23NO4S. The summed E-state index contributed by atoms with van der Waals surface area (Å²) in [6.07, 6.45) is 1.72. The van der Waals surface area contributed by atoms with Gasteiger partial charge in [0.1, 0.15) is 6.61 Å². The summed E-state index contributed by atoms with van der Waals surface area (Å²) < 4.78 is 11.4. The van der Waals surface area contributed by atoms with E-state index >= 15 is 0 Å². The summed E-state index contributed by atoms with van der Waals surface area (Å²) >= 11 is 0.951. The van der Waals surface area contributed by atoms with E-state index in [0.717, 1.165) is 39.2 Å². The SMILES string of the molecule is COc1cc(/C=C2/SC(=O)N(Cc3ccc4ccccc4c3)C2=O)ccc1OCc1ccccc1. The molecule has 1 aliphatic rings. The zero-order valence-electron chi connectivity index (χ0n) is 19.1. The number of imide groups is 1. The smallest absolute Gasteiger partial charge is 0.293 e. The summed E-state index contributed by atoms with van der Waals surface area (Å²) in [5.41, 5.74) is 2.72. The van der Waals surface area contributed by atoms with Crippen molar-refractivity contribution < 1.29 is 19.1 Å². The molecule has 5 nitrogen and oxygen atoms in total. The summed E-state index contributed by atoms with van der Waals surface area (Å²) in [4.78, 5) is 27.3. The first kappa shape index (κ1) is 22.7. The van der Waals surface area contributed by atoms with Gasteiger partial charge >= 0.3 is 0 Å². The third-order valence-electron chi connectivity index (χ3n) is 5.75. The lowest BCUT2D eigenvalue weighted by atomic mass is 10.1. The van der Waals surface area contributed by atoms with Crippen LogP contribution in [0.15, 0.2) is 95.9 Å². The minimum absolute atomic E-state index is 0.239. The molecule has 1 fully saturated rings. The number of thioether (sulfide) groups is 1. The van der Waals surface area contributed by atoms with Gasteiger partial charge in [0.2, 0.25) is 0 Å². The van der Waals surface area contributed by atoms with Crippen molar-refractivity contribution in [1.29, 1.82) is 0 Å². The minimum Gasteiger partial charge on any atom is -0.493 e. The van der Waals surface area contributed by atoms with Gasteiger partial charge < -0.3 is 9.47 Å². The zero-order valence-corrected chi connectivity index (χ0v) is 20.0. The van der Waals surface area contributed by atoms with Crippen molar-refractivity contribution in [3.63, 3.8) is 0 Å². The molecule has 0 bridgehead atoms. The molecule has 6 heteroatoms. The Morgan fingerprint density at radius 2 is 1.57 bits per heavy atom. The number of benzene rings is 4. The lowest BCUT2D eigenvalue weighted by molar-refractivity contribution is -0.123. The van der Waals surface area contributed by atoms with Gasteiger partial charge in [-0.3, -0.25) is 14.5 Å². The molecule has 2 amide bonds. The van der Waals surface area contributed by atoms with Crippen molar-refractivity contribution in [2.45, 2.75) is 13.2 Å². The molecule has 0 radical (unpaired) electrons. The van der Waals surface area contributed by atoms with Gasteiger partial charge in [-0.05, 0) is 63.5 Å². The summed E-state index contributed by atoms with van der Waals surface area (Å²) in [5.74, 6) is 0.875. The molecule has 0 aromatic heterocycles. The van der Waals surface area contributed by atoms with Gasteiger partial charge in [-0.15, -0.1) is 0 Å². The van der Waals surface area contributed by atoms with Gasteiger partial charge in [0.25, 0.3) is 11.1 Å². The summed E-state index contributed by atoms with van der Waals surface area (Å²) in [6, 6.07) is 29.3. The monoisotopic (exact) mass is 481 g/mol. The molecule has 1 aliphatic heterocycles. The van der Waals surface area contributed by atoms with Crippen molar-refractivity contribution in [3.05, 3.63) is 113 Å². The van der Waals surface area contributed by atoms with Crippen LogP contribution in [0.25, 0.3) is 16.8 Å². The maximum atomic E-state index is 13.0. The number of hydrogen-bond donors (Lipinski definition) is 0. The van der Waals surface area contributed by atoms with Crippen LogP contribution >= 0.6 is 11.8 Å². The summed E-state index contributed by atoms with van der Waals surface area (Å²) in [7, 11) is 1.58. The number of rotatable bonds is 7. The Morgan fingerprint density at radius 3 is 2.37 bits per heavy atom. The zero-order chi connectivity index (χ0) is 24.2. The molecule has 4 aromatic carbocycles. The largest absolute Gasteiger partial charge is 0.493 e. The average molecular weight is 482 g/mol. The Balaban J connectivity index is 1.31. The number of hydrogen-bond acceptors (Lipinski definition) is 5. The van der Waals surface area contributed by atoms with Crippen LogP contribution in [0.5, 0.6) is 11.5 Å². The molecule has 1 heterocycles. The van der Waals surface area contributed by atoms with Gasteiger partial charge in [-0.25, -0.2) is 0 Å². The Hall–Kier alpha value is -4.03. The number of ether oxygens (including phenoxy) is 2. The maximum absolute atomic E-state index is 13.0. The first-order valence-corrected chi connectivity index (χ1v) is 12.0. The van der Waals surface area contributed by atoms with Crippen LogP contribution in [0.3, 0.4) is 0 Å². The third-order valence-corrected chi connectivity index (χ3v) is 6.66. The first-order valence-electron chi connectivity index (χ1n) is 11.2. The number of methoxy groups -OCH3 is 1. The lowest BCUT2D eigenvalue weighted by Gasteiger charge is -2.13. The minimum atomic E-state index is -0.295. The van der Waals surface area contributed by atoms with E-state index in [1.807, 2.05) is 84.9 Å². The molecule has 0 aliphatic carbocycles. The van der Waals surface area contributed by atoms with Crippen molar-refractivity contribution >= 4 is 39.8 Å². The standard InChI is InChI=1S/C29H23NO4S/c1-33-26-16-21(12-14-25(26)34-19-20-7-3-2-4-8-20)17-27-28(31)30(29(32)35-27)18-22-11-13-23-9-5-6-10-24(23)15-22/h2-17H,18-19H2,1H3/b27-17+. The number of fused-ring (bicyclic) bond motifs is 1. The first-order chi connectivity index (χ1) is 17.1. The molecule has 0 N–H and O–H groups in total. The normalized spacial score (nSPS) is 14.7. The van der Waals surface area contributed by atoms with E-state index in [2.05, 4.69) is 0 Å². The van der Waals surface area contributed by atoms with Gasteiger partial charge in [0, 0.05) is 0 Å². The van der Waals surface area contributed by atoms with Crippen LogP contribution in [0, 0.1) is 0 Å². The fourth-order valence-electron chi connectivity index (χ4n) is 3.94. The predicted molar refractivity (Wildman–Crippen MR) is 139 cm³/mol. The summed E-state index contributed by atoms with van der Waals surface area (Å²) in [5, 5.41) is 1.92. The molecular weight excluding hydrogens is 458 g/mol. The topological polar surface area (TPSA) is 55.8 Å². The molecule has 1 saturated heterocycles. The number of carbonyl (C=O) groups is 2. The van der Waals surface area contributed by atoms with Crippen molar-refractivity contribution in [3.8, 4) is 11.5 Å². The highest BCUT2D eigenvalue weighted by Gasteiger charge is 2.35. The van der Waals surface area contributed by atoms with E-state index in [9.17, 15) is 9.59 Å². The molecule has 0 atom stereocenters. The highest BCUT2D eigenvalue weighted by molar-refractivity contribution is 8.18. The van der Waals surface area contributed by atoms with Crippen LogP contribution in [0.2, 0.25) is 0 Å². The van der Waals surface area contributed by atoms with Crippen LogP contribution in [-0.2, 0) is 17.9 Å². The van der Waals surface area contributed by atoms with Crippen molar-refractivity contribution in [2.24, 2.45) is 0 Å². The maximum Gasteiger partial charge on any atom is 0.293 e. The van der Waals surface area contributed by atoms with E-state index in [1.54, 1.807) is 19.3 Å². The van der Waals surface area contributed by atoms with Crippen molar-refractivity contribution in [1.82, 2.24) is 4.90 Å². The van der Waals surface area contributed by atoms with Crippen molar-refractivity contribution in [2.75, 3.05) is 7.11 Å². The molecule has 0 unspecified atom stereocenters. The Labute approximate surface area is 208 Å². The van der Waals surface area contributed by atoms with Gasteiger partial charge in [-0.2, -0.15) is 0 Å². The lowest BCUT2D eigenvalue weighted by Crippen LogP contribution is -2.27. The van der Waals surface area contributed by atoms with E-state index in [1.165, 1.54) is 4.90 Å². The van der Waals surface area contributed by atoms with Gasteiger partial charge in [-0.1, -0.05) is 72.8 Å². The molecule has 0 spiro atoms. The predicted octanol–water partition coefficient (Wildman–Crippen LogP) is 6.66. The van der Waals surface area contributed by atoms with Crippen LogP contribution in [0.4, 0.5) is 4.79 Å².